The van der Waals surface area contributed by atoms with Gasteiger partial charge >= 0.3 is 0 Å². The van der Waals surface area contributed by atoms with Crippen molar-refractivity contribution in [2.45, 2.75) is 26.2 Å². The molecule has 144 valence electrons. The number of rotatable bonds is 6. The van der Waals surface area contributed by atoms with Crippen molar-refractivity contribution in [2.24, 2.45) is 5.73 Å². The van der Waals surface area contributed by atoms with Crippen LogP contribution in [0.25, 0.3) is 17.0 Å². The van der Waals surface area contributed by atoms with Gasteiger partial charge in [-0.3, -0.25) is 4.98 Å². The number of nitrogens with zero attached hydrogens (tertiary/aromatic N) is 3. The molecule has 0 unspecified atom stereocenters. The van der Waals surface area contributed by atoms with E-state index >= 15 is 0 Å². The molecule has 0 saturated heterocycles. The van der Waals surface area contributed by atoms with Crippen molar-refractivity contribution in [1.29, 1.82) is 0 Å². The number of nitrogens with one attached hydrogen (secondary N) is 1. The fourth-order valence-electron chi connectivity index (χ4n) is 2.89. The molecule has 0 saturated carbocycles. The number of pyridine rings is 1. The maximum Gasteiger partial charge on any atom is 0.148 e. The van der Waals surface area contributed by atoms with Gasteiger partial charge in [-0.2, -0.15) is 0 Å². The van der Waals surface area contributed by atoms with Gasteiger partial charge in [0.2, 0.25) is 0 Å². The number of hydrogen-bond donors (Lipinski definition) is 2. The van der Waals surface area contributed by atoms with Crippen molar-refractivity contribution < 1.29 is 4.39 Å². The summed E-state index contributed by atoms with van der Waals surface area (Å²) in [5, 5.41) is 11.7. The van der Waals surface area contributed by atoms with E-state index in [0.29, 0.717) is 23.8 Å². The van der Waals surface area contributed by atoms with Crippen molar-refractivity contribution >= 4 is 11.5 Å². The zero-order chi connectivity index (χ0) is 20.3. The lowest BCUT2D eigenvalue weighted by atomic mass is 9.88. The SMILES string of the molecule is C=C(N)c1cccc(-c2ccc(NCC(C)(C)c3ncc(C)cc3F)nn2)c1. The third kappa shape index (κ3) is 4.34. The smallest absolute Gasteiger partial charge is 0.148 e. The predicted octanol–water partition coefficient (Wildman–Crippen LogP) is 4.31. The van der Waals surface area contributed by atoms with Crippen molar-refractivity contribution in [3.05, 3.63) is 77.9 Å². The molecule has 1 aromatic carbocycles. The van der Waals surface area contributed by atoms with Crippen LogP contribution >= 0.6 is 0 Å². The molecule has 0 aliphatic heterocycles. The van der Waals surface area contributed by atoms with Crippen molar-refractivity contribution in [3.8, 4) is 11.3 Å². The Balaban J connectivity index is 1.72. The molecule has 3 N–H and O–H groups in total. The first-order valence-electron chi connectivity index (χ1n) is 9.02. The minimum absolute atomic E-state index is 0.297. The van der Waals surface area contributed by atoms with Crippen LogP contribution in [0.5, 0.6) is 0 Å². The van der Waals surface area contributed by atoms with Crippen molar-refractivity contribution in [2.75, 3.05) is 11.9 Å². The van der Waals surface area contributed by atoms with Crippen LogP contribution in [-0.2, 0) is 5.41 Å². The largest absolute Gasteiger partial charge is 0.399 e. The molecule has 0 amide bonds. The molecule has 28 heavy (non-hydrogen) atoms. The maximum absolute atomic E-state index is 14.3. The molecular weight excluding hydrogens is 353 g/mol. The molecule has 0 atom stereocenters. The zero-order valence-corrected chi connectivity index (χ0v) is 16.3. The fraction of sp³-hybridized carbons (Fsp3) is 0.227. The minimum Gasteiger partial charge on any atom is -0.399 e. The van der Waals surface area contributed by atoms with Crippen LogP contribution in [0.2, 0.25) is 0 Å². The summed E-state index contributed by atoms with van der Waals surface area (Å²) in [5.74, 6) is 0.318. The summed E-state index contributed by atoms with van der Waals surface area (Å²) in [6, 6.07) is 12.9. The number of nitrogens with two attached hydrogens (primary N) is 1. The Morgan fingerprint density at radius 2 is 1.96 bits per heavy atom. The van der Waals surface area contributed by atoms with Gasteiger partial charge in [-0.05, 0) is 42.3 Å². The van der Waals surface area contributed by atoms with Gasteiger partial charge in [-0.1, -0.05) is 38.6 Å². The van der Waals surface area contributed by atoms with Crippen LogP contribution in [-0.4, -0.2) is 21.7 Å². The van der Waals surface area contributed by atoms with Crippen molar-refractivity contribution in [1.82, 2.24) is 15.2 Å². The third-order valence-corrected chi connectivity index (χ3v) is 4.52. The van der Waals surface area contributed by atoms with Gasteiger partial charge in [0.05, 0.1) is 11.4 Å². The van der Waals surface area contributed by atoms with Gasteiger partial charge in [-0.25, -0.2) is 4.39 Å². The van der Waals surface area contributed by atoms with Gasteiger partial charge in [0.15, 0.2) is 0 Å². The summed E-state index contributed by atoms with van der Waals surface area (Å²) in [4.78, 5) is 4.27. The number of benzene rings is 1. The standard InChI is InChI=1S/C22H24FN5/c1-14-10-18(23)21(25-12-14)22(3,4)13-26-20-9-8-19(27-28-20)17-7-5-6-16(11-17)15(2)24/h5-12H,2,13,24H2,1,3-4H3,(H,26,28). The number of aryl methyl sites for hydroxylation is 1. The lowest BCUT2D eigenvalue weighted by Gasteiger charge is -2.25. The normalized spacial score (nSPS) is 11.3. The van der Waals surface area contributed by atoms with E-state index in [1.54, 1.807) is 6.20 Å². The van der Waals surface area contributed by atoms with Gasteiger partial charge < -0.3 is 11.1 Å². The monoisotopic (exact) mass is 377 g/mol. The Kier molecular flexibility index (Phi) is 5.40. The number of halogens is 1. The van der Waals surface area contributed by atoms with E-state index in [1.165, 1.54) is 6.07 Å². The molecule has 0 spiro atoms. The molecule has 2 heterocycles. The number of aromatic nitrogens is 3. The Morgan fingerprint density at radius 3 is 2.61 bits per heavy atom. The van der Waals surface area contributed by atoms with Crippen LogP contribution in [0.4, 0.5) is 10.2 Å². The highest BCUT2D eigenvalue weighted by molar-refractivity contribution is 5.68. The molecule has 0 radical (unpaired) electrons. The summed E-state index contributed by atoms with van der Waals surface area (Å²) in [6.45, 7) is 9.92. The lowest BCUT2D eigenvalue weighted by Crippen LogP contribution is -2.30. The van der Waals surface area contributed by atoms with Gasteiger partial charge in [0.1, 0.15) is 11.6 Å². The highest BCUT2D eigenvalue weighted by atomic mass is 19.1. The van der Waals surface area contributed by atoms with E-state index in [2.05, 4.69) is 27.1 Å². The van der Waals surface area contributed by atoms with Crippen LogP contribution < -0.4 is 11.1 Å². The first-order chi connectivity index (χ1) is 13.3. The van der Waals surface area contributed by atoms with E-state index < -0.39 is 5.41 Å². The van der Waals surface area contributed by atoms with E-state index in [4.69, 9.17) is 5.73 Å². The highest BCUT2D eigenvalue weighted by Crippen LogP contribution is 2.25. The minimum atomic E-state index is -0.506. The highest BCUT2D eigenvalue weighted by Gasteiger charge is 2.26. The van der Waals surface area contributed by atoms with Crippen molar-refractivity contribution in [3.63, 3.8) is 0 Å². The number of anilines is 1. The van der Waals surface area contributed by atoms with Crippen LogP contribution in [0.3, 0.4) is 0 Å². The quantitative estimate of drug-likeness (QED) is 0.670. The second-order valence-corrected chi connectivity index (χ2v) is 7.49. The van der Waals surface area contributed by atoms with Crippen LogP contribution in [0.1, 0.15) is 30.7 Å². The Labute approximate surface area is 164 Å². The fourth-order valence-corrected chi connectivity index (χ4v) is 2.89. The lowest BCUT2D eigenvalue weighted by molar-refractivity contribution is 0.484. The maximum atomic E-state index is 14.3. The summed E-state index contributed by atoms with van der Waals surface area (Å²) in [5.41, 5.74) is 9.49. The first-order valence-corrected chi connectivity index (χ1v) is 9.02. The second kappa shape index (κ2) is 7.76. The van der Waals surface area contributed by atoms with Crippen LogP contribution in [0.15, 0.2) is 55.2 Å². The first kappa shape index (κ1) is 19.5. The molecule has 3 aromatic rings. The molecule has 0 bridgehead atoms. The molecule has 3 rings (SSSR count). The summed E-state index contributed by atoms with van der Waals surface area (Å²) >= 11 is 0. The molecule has 0 aliphatic carbocycles. The van der Waals surface area contributed by atoms with E-state index in [9.17, 15) is 4.39 Å². The van der Waals surface area contributed by atoms with Gasteiger partial charge in [0, 0.05) is 29.4 Å². The predicted molar refractivity (Wildman–Crippen MR) is 111 cm³/mol. The zero-order valence-electron chi connectivity index (χ0n) is 16.3. The topological polar surface area (TPSA) is 76.7 Å². The molecule has 6 heteroatoms. The molecule has 0 fully saturated rings. The molecule has 2 aromatic heterocycles. The molecular formula is C22H24FN5. The molecule has 5 nitrogen and oxygen atoms in total. The average molecular weight is 377 g/mol. The van der Waals surface area contributed by atoms with E-state index in [0.717, 1.165) is 22.4 Å². The summed E-state index contributed by atoms with van der Waals surface area (Å²) < 4.78 is 14.3. The Hall–Kier alpha value is -3.28. The second-order valence-electron chi connectivity index (χ2n) is 7.49. The number of hydrogen-bond acceptors (Lipinski definition) is 5. The summed E-state index contributed by atoms with van der Waals surface area (Å²) in [6.07, 6.45) is 1.68. The van der Waals surface area contributed by atoms with E-state index in [1.807, 2.05) is 57.2 Å². The van der Waals surface area contributed by atoms with Gasteiger partial charge in [0.25, 0.3) is 0 Å². The summed E-state index contributed by atoms with van der Waals surface area (Å²) in [7, 11) is 0. The van der Waals surface area contributed by atoms with E-state index in [-0.39, 0.29) is 5.82 Å². The Bertz CT molecular complexity index is 996. The van der Waals surface area contributed by atoms with Gasteiger partial charge in [-0.15, -0.1) is 10.2 Å². The van der Waals surface area contributed by atoms with Crippen LogP contribution in [0, 0.1) is 12.7 Å². The average Bonchev–Trinajstić information content (AvgIpc) is 2.66. The third-order valence-electron chi connectivity index (χ3n) is 4.52. The molecule has 0 aliphatic rings. The Morgan fingerprint density at radius 1 is 1.18 bits per heavy atom.